The number of rotatable bonds is 6. The van der Waals surface area contributed by atoms with Gasteiger partial charge in [0.1, 0.15) is 10.6 Å². The molecular formula is C23H23ClN2O5S. The first-order valence-corrected chi connectivity index (χ1v) is 12.0. The molecule has 7 nitrogen and oxygen atoms in total. The Hall–Kier alpha value is -2.65. The molecule has 4 rings (SSSR count). The first-order valence-electron chi connectivity index (χ1n) is 10.2. The summed E-state index contributed by atoms with van der Waals surface area (Å²) in [6.07, 6.45) is 0. The Labute approximate surface area is 191 Å². The molecule has 0 aliphatic carbocycles. The van der Waals surface area contributed by atoms with Gasteiger partial charge in [0, 0.05) is 48.5 Å². The predicted molar refractivity (Wildman–Crippen MR) is 123 cm³/mol. The van der Waals surface area contributed by atoms with Crippen LogP contribution in [0.1, 0.15) is 5.56 Å². The highest BCUT2D eigenvalue weighted by Gasteiger charge is 2.22. The lowest BCUT2D eigenvalue weighted by Crippen LogP contribution is -2.49. The van der Waals surface area contributed by atoms with Crippen LogP contribution in [-0.4, -0.2) is 61.5 Å². The first-order chi connectivity index (χ1) is 15.3. The fourth-order valence-corrected chi connectivity index (χ4v) is 4.65. The molecule has 9 heteroatoms. The summed E-state index contributed by atoms with van der Waals surface area (Å²) in [5.74, 6) is 0.266. The number of carbonyl (C=O) groups is 1. The average Bonchev–Trinajstić information content (AvgIpc) is 2.78. The maximum Gasteiger partial charge on any atom is 0.295 e. The Kier molecular flexibility index (Phi) is 6.66. The van der Waals surface area contributed by atoms with Gasteiger partial charge in [0.2, 0.25) is 0 Å². The van der Waals surface area contributed by atoms with Crippen molar-refractivity contribution in [2.24, 2.45) is 0 Å². The average molecular weight is 475 g/mol. The van der Waals surface area contributed by atoms with E-state index in [9.17, 15) is 17.8 Å². The number of nitrogens with zero attached hydrogens (tertiary/aromatic N) is 2. The highest BCUT2D eigenvalue weighted by molar-refractivity contribution is 7.86. The second-order valence-corrected chi connectivity index (χ2v) is 9.48. The van der Waals surface area contributed by atoms with E-state index in [1.807, 2.05) is 24.3 Å². The number of carbonyl (C=O) groups excluding carboxylic acids is 1. The molecule has 32 heavy (non-hydrogen) atoms. The van der Waals surface area contributed by atoms with Crippen LogP contribution in [0, 0.1) is 0 Å². The zero-order valence-corrected chi connectivity index (χ0v) is 18.8. The Morgan fingerprint density at radius 1 is 0.938 bits per heavy atom. The van der Waals surface area contributed by atoms with Crippen molar-refractivity contribution in [3.63, 3.8) is 0 Å². The summed E-state index contributed by atoms with van der Waals surface area (Å²) in [5, 5.41) is 1.57. The number of hydrogen-bond donors (Lipinski definition) is 1. The molecule has 1 aliphatic rings. The van der Waals surface area contributed by atoms with E-state index in [1.165, 1.54) is 17.7 Å². The van der Waals surface area contributed by atoms with Crippen LogP contribution in [0.3, 0.4) is 0 Å². The van der Waals surface area contributed by atoms with Gasteiger partial charge in [-0.1, -0.05) is 48.0 Å². The van der Waals surface area contributed by atoms with Crippen LogP contribution in [-0.2, 0) is 21.5 Å². The molecule has 168 valence electrons. The molecule has 1 N–H and O–H groups in total. The number of hydrogen-bond acceptors (Lipinski definition) is 5. The van der Waals surface area contributed by atoms with Crippen LogP contribution in [0.5, 0.6) is 5.75 Å². The fourth-order valence-electron chi connectivity index (χ4n) is 3.83. The molecule has 1 heterocycles. The largest absolute Gasteiger partial charge is 0.483 e. The predicted octanol–water partition coefficient (Wildman–Crippen LogP) is 3.46. The minimum absolute atomic E-state index is 0.126. The minimum atomic E-state index is -4.37. The zero-order valence-electron chi connectivity index (χ0n) is 17.3. The molecule has 3 aromatic rings. The number of benzene rings is 3. The maximum atomic E-state index is 12.7. The van der Waals surface area contributed by atoms with Gasteiger partial charge in [-0.3, -0.25) is 14.2 Å². The fraction of sp³-hybridized carbons (Fsp3) is 0.261. The second kappa shape index (κ2) is 9.46. The van der Waals surface area contributed by atoms with Crippen molar-refractivity contribution in [2.45, 2.75) is 11.4 Å². The van der Waals surface area contributed by atoms with Crippen molar-refractivity contribution >= 4 is 38.4 Å². The standard InChI is InChI=1S/C23H23ClN2O5S/c24-18-7-5-17(6-8-18)15-25-11-13-26(14-12-25)23(27)16-31-21-9-10-22(32(28,29)30)20-4-2-1-3-19(20)21/h1-10H,11-16H2,(H,28,29,30). The Morgan fingerprint density at radius 3 is 2.25 bits per heavy atom. The second-order valence-electron chi connectivity index (χ2n) is 7.65. The summed E-state index contributed by atoms with van der Waals surface area (Å²) in [5.41, 5.74) is 1.18. The molecule has 1 aliphatic heterocycles. The lowest BCUT2D eigenvalue weighted by Gasteiger charge is -2.34. The van der Waals surface area contributed by atoms with Crippen LogP contribution >= 0.6 is 11.6 Å². The van der Waals surface area contributed by atoms with Gasteiger partial charge >= 0.3 is 0 Å². The van der Waals surface area contributed by atoms with Crippen molar-refractivity contribution in [2.75, 3.05) is 32.8 Å². The molecule has 0 unspecified atom stereocenters. The molecule has 0 bridgehead atoms. The van der Waals surface area contributed by atoms with Crippen LogP contribution < -0.4 is 4.74 Å². The van der Waals surface area contributed by atoms with Crippen LogP contribution in [0.4, 0.5) is 0 Å². The van der Waals surface area contributed by atoms with E-state index in [4.69, 9.17) is 16.3 Å². The van der Waals surface area contributed by atoms with Crippen molar-refractivity contribution in [1.29, 1.82) is 0 Å². The van der Waals surface area contributed by atoms with Crippen molar-refractivity contribution in [3.05, 3.63) is 71.2 Å². The molecule has 0 saturated carbocycles. The molecule has 0 spiro atoms. The highest BCUT2D eigenvalue weighted by atomic mass is 35.5. The topological polar surface area (TPSA) is 87.1 Å². The molecule has 0 aromatic heterocycles. The summed E-state index contributed by atoms with van der Waals surface area (Å²) in [6, 6.07) is 17.2. The molecule has 1 saturated heterocycles. The number of halogens is 1. The van der Waals surface area contributed by atoms with Gasteiger partial charge in [0.25, 0.3) is 16.0 Å². The Balaban J connectivity index is 1.36. The zero-order chi connectivity index (χ0) is 22.7. The first kappa shape index (κ1) is 22.5. The lowest BCUT2D eigenvalue weighted by atomic mass is 10.1. The SMILES string of the molecule is O=C(COc1ccc(S(=O)(=O)O)c2ccccc12)N1CCN(Cc2ccc(Cl)cc2)CC1. The Morgan fingerprint density at radius 2 is 1.59 bits per heavy atom. The normalized spacial score (nSPS) is 15.1. The number of piperazine rings is 1. The van der Waals surface area contributed by atoms with Crippen molar-refractivity contribution in [1.82, 2.24) is 9.80 Å². The minimum Gasteiger partial charge on any atom is -0.483 e. The maximum absolute atomic E-state index is 12.7. The number of ether oxygens (including phenoxy) is 1. The smallest absolute Gasteiger partial charge is 0.295 e. The van der Waals surface area contributed by atoms with E-state index in [1.54, 1.807) is 29.2 Å². The Bertz CT molecular complexity index is 1220. The third-order valence-electron chi connectivity index (χ3n) is 5.52. The monoisotopic (exact) mass is 474 g/mol. The lowest BCUT2D eigenvalue weighted by molar-refractivity contribution is -0.135. The van der Waals surface area contributed by atoms with E-state index in [0.717, 1.165) is 19.6 Å². The van der Waals surface area contributed by atoms with Gasteiger partial charge in [0.15, 0.2) is 6.61 Å². The van der Waals surface area contributed by atoms with E-state index in [2.05, 4.69) is 4.90 Å². The molecular weight excluding hydrogens is 452 g/mol. The quantitative estimate of drug-likeness (QED) is 0.550. The molecule has 3 aromatic carbocycles. The molecule has 0 atom stereocenters. The summed E-state index contributed by atoms with van der Waals surface area (Å²) in [4.78, 5) is 16.5. The third-order valence-corrected chi connectivity index (χ3v) is 6.68. The number of fused-ring (bicyclic) bond motifs is 1. The van der Waals surface area contributed by atoms with Gasteiger partial charge < -0.3 is 9.64 Å². The van der Waals surface area contributed by atoms with E-state index < -0.39 is 10.1 Å². The summed E-state index contributed by atoms with van der Waals surface area (Å²) >= 11 is 5.93. The number of amides is 1. The van der Waals surface area contributed by atoms with Gasteiger partial charge in [-0.25, -0.2) is 0 Å². The summed E-state index contributed by atoms with van der Waals surface area (Å²) < 4.78 is 38.5. The van der Waals surface area contributed by atoms with Crippen molar-refractivity contribution < 1.29 is 22.5 Å². The highest BCUT2D eigenvalue weighted by Crippen LogP contribution is 2.31. The van der Waals surface area contributed by atoms with Crippen LogP contribution in [0.25, 0.3) is 10.8 Å². The third kappa shape index (κ3) is 5.21. The van der Waals surface area contributed by atoms with E-state index >= 15 is 0 Å². The molecule has 0 radical (unpaired) electrons. The summed E-state index contributed by atoms with van der Waals surface area (Å²) in [7, 11) is -4.37. The van der Waals surface area contributed by atoms with E-state index in [0.29, 0.717) is 34.6 Å². The molecule has 1 amide bonds. The molecule has 1 fully saturated rings. The van der Waals surface area contributed by atoms with Gasteiger partial charge in [0.05, 0.1) is 0 Å². The van der Waals surface area contributed by atoms with Gasteiger partial charge in [-0.15, -0.1) is 0 Å². The van der Waals surface area contributed by atoms with Gasteiger partial charge in [-0.05, 0) is 29.8 Å². The summed E-state index contributed by atoms with van der Waals surface area (Å²) in [6.45, 7) is 3.41. The van der Waals surface area contributed by atoms with Crippen LogP contribution in [0.15, 0.2) is 65.6 Å². The van der Waals surface area contributed by atoms with Crippen molar-refractivity contribution in [3.8, 4) is 5.75 Å². The van der Waals surface area contributed by atoms with Crippen LogP contribution in [0.2, 0.25) is 5.02 Å². The van der Waals surface area contributed by atoms with E-state index in [-0.39, 0.29) is 17.4 Å². The van der Waals surface area contributed by atoms with Gasteiger partial charge in [-0.2, -0.15) is 8.42 Å².